The fraction of sp³-hybridized carbons (Fsp3) is 0.353. The molecule has 0 spiro atoms. The molecule has 1 heterocycles. The van der Waals surface area contributed by atoms with E-state index in [0.29, 0.717) is 12.6 Å². The van der Waals surface area contributed by atoms with E-state index in [0.717, 1.165) is 23.6 Å². The molecule has 1 aliphatic carbocycles. The van der Waals surface area contributed by atoms with Gasteiger partial charge in [-0.3, -0.25) is 4.98 Å². The van der Waals surface area contributed by atoms with Gasteiger partial charge in [-0.1, -0.05) is 30.3 Å². The van der Waals surface area contributed by atoms with E-state index in [9.17, 15) is 0 Å². The van der Waals surface area contributed by atoms with Crippen LogP contribution in [0.15, 0.2) is 48.7 Å². The molecule has 1 saturated carbocycles. The number of hydrogen-bond acceptors (Lipinski definition) is 4. The highest BCUT2D eigenvalue weighted by Gasteiger charge is 2.19. The zero-order chi connectivity index (χ0) is 14.3. The lowest BCUT2D eigenvalue weighted by Crippen LogP contribution is -2.16. The molecule has 0 atom stereocenters. The van der Waals surface area contributed by atoms with Gasteiger partial charge in [0.25, 0.3) is 0 Å². The van der Waals surface area contributed by atoms with Crippen LogP contribution in [0.5, 0.6) is 5.75 Å². The summed E-state index contributed by atoms with van der Waals surface area (Å²) in [6.07, 6.45) is 4.33. The summed E-state index contributed by atoms with van der Waals surface area (Å²) in [6.45, 7) is 1.61. The highest BCUT2D eigenvalue weighted by Crippen LogP contribution is 2.19. The lowest BCUT2D eigenvalue weighted by Gasteiger charge is -2.08. The Kier molecular flexibility index (Phi) is 4.82. The summed E-state index contributed by atoms with van der Waals surface area (Å²) in [5, 5.41) is 3.43. The van der Waals surface area contributed by atoms with Gasteiger partial charge < -0.3 is 14.8 Å². The Morgan fingerprint density at radius 2 is 1.95 bits per heavy atom. The smallest absolute Gasteiger partial charge is 0.189 e. The largest absolute Gasteiger partial charge is 0.466 e. The van der Waals surface area contributed by atoms with Crippen LogP contribution in [0.1, 0.15) is 24.1 Å². The molecule has 0 amide bonds. The van der Waals surface area contributed by atoms with E-state index in [1.165, 1.54) is 12.8 Å². The van der Waals surface area contributed by atoms with Gasteiger partial charge in [0.1, 0.15) is 5.75 Å². The molecule has 1 aromatic heterocycles. The van der Waals surface area contributed by atoms with Crippen LogP contribution in [0.25, 0.3) is 0 Å². The van der Waals surface area contributed by atoms with Crippen molar-refractivity contribution in [1.82, 2.24) is 10.3 Å². The normalized spacial score (nSPS) is 14.1. The van der Waals surface area contributed by atoms with Gasteiger partial charge in [0.05, 0.1) is 18.5 Å². The fourth-order valence-corrected chi connectivity index (χ4v) is 1.98. The Morgan fingerprint density at radius 3 is 2.67 bits per heavy atom. The second-order valence-electron chi connectivity index (χ2n) is 5.24. The van der Waals surface area contributed by atoms with Crippen LogP contribution in [-0.4, -0.2) is 17.8 Å². The minimum Gasteiger partial charge on any atom is -0.466 e. The topological polar surface area (TPSA) is 43.4 Å². The van der Waals surface area contributed by atoms with E-state index >= 15 is 0 Å². The highest BCUT2D eigenvalue weighted by atomic mass is 16.7. The van der Waals surface area contributed by atoms with Gasteiger partial charge in [-0.05, 0) is 30.5 Å². The van der Waals surface area contributed by atoms with E-state index in [-0.39, 0.29) is 6.79 Å². The summed E-state index contributed by atoms with van der Waals surface area (Å²) in [7, 11) is 0. The lowest BCUT2D eigenvalue weighted by molar-refractivity contribution is 0.00483. The molecule has 0 bridgehead atoms. The number of benzene rings is 1. The minimum atomic E-state index is 0.232. The Labute approximate surface area is 125 Å². The molecule has 110 valence electrons. The predicted molar refractivity (Wildman–Crippen MR) is 80.8 cm³/mol. The molecule has 0 unspecified atom stereocenters. The second-order valence-corrected chi connectivity index (χ2v) is 5.24. The quantitative estimate of drug-likeness (QED) is 0.598. The third-order valence-electron chi connectivity index (χ3n) is 3.37. The zero-order valence-corrected chi connectivity index (χ0v) is 12.0. The van der Waals surface area contributed by atoms with Gasteiger partial charge in [0, 0.05) is 12.6 Å². The van der Waals surface area contributed by atoms with Crippen molar-refractivity contribution in [3.8, 4) is 5.75 Å². The molecule has 0 saturated heterocycles. The Morgan fingerprint density at radius 1 is 1.10 bits per heavy atom. The summed E-state index contributed by atoms with van der Waals surface area (Å²) in [5.74, 6) is 0.734. The molecule has 0 aliphatic heterocycles. The zero-order valence-electron chi connectivity index (χ0n) is 12.0. The third-order valence-corrected chi connectivity index (χ3v) is 3.37. The molecule has 1 aliphatic rings. The lowest BCUT2D eigenvalue weighted by atomic mass is 10.2. The number of pyridine rings is 1. The van der Waals surface area contributed by atoms with Crippen molar-refractivity contribution in [2.24, 2.45) is 0 Å². The average molecular weight is 284 g/mol. The fourth-order valence-electron chi connectivity index (χ4n) is 1.98. The van der Waals surface area contributed by atoms with Gasteiger partial charge in [-0.25, -0.2) is 0 Å². The number of rotatable bonds is 8. The van der Waals surface area contributed by atoms with Crippen LogP contribution in [0.3, 0.4) is 0 Å². The van der Waals surface area contributed by atoms with E-state index in [4.69, 9.17) is 9.47 Å². The van der Waals surface area contributed by atoms with Crippen LogP contribution in [0, 0.1) is 0 Å². The average Bonchev–Trinajstić information content (AvgIpc) is 3.36. The molecule has 4 heteroatoms. The summed E-state index contributed by atoms with van der Waals surface area (Å²) >= 11 is 0. The second kappa shape index (κ2) is 7.20. The molecular weight excluding hydrogens is 264 g/mol. The Bertz CT molecular complexity index is 538. The SMILES string of the molecule is c1ccc(COCOc2ccc(CNC3CC3)nc2)cc1. The van der Waals surface area contributed by atoms with Gasteiger partial charge in [-0.2, -0.15) is 0 Å². The maximum atomic E-state index is 5.52. The van der Waals surface area contributed by atoms with Crippen LogP contribution < -0.4 is 10.1 Å². The van der Waals surface area contributed by atoms with Crippen LogP contribution >= 0.6 is 0 Å². The molecule has 21 heavy (non-hydrogen) atoms. The number of nitrogens with one attached hydrogen (secondary N) is 1. The van der Waals surface area contributed by atoms with Gasteiger partial charge in [0.15, 0.2) is 6.79 Å². The van der Waals surface area contributed by atoms with Crippen molar-refractivity contribution in [2.75, 3.05) is 6.79 Å². The van der Waals surface area contributed by atoms with Crippen molar-refractivity contribution in [2.45, 2.75) is 32.0 Å². The maximum absolute atomic E-state index is 5.52. The Balaban J connectivity index is 1.36. The predicted octanol–water partition coefficient (Wildman–Crippen LogP) is 2.89. The number of nitrogens with zero attached hydrogens (tertiary/aromatic N) is 1. The van der Waals surface area contributed by atoms with Crippen LogP contribution in [0.2, 0.25) is 0 Å². The number of hydrogen-bond donors (Lipinski definition) is 1. The van der Waals surface area contributed by atoms with Crippen molar-refractivity contribution >= 4 is 0 Å². The third kappa shape index (κ3) is 4.85. The van der Waals surface area contributed by atoms with E-state index in [1.807, 2.05) is 42.5 Å². The van der Waals surface area contributed by atoms with Crippen molar-refractivity contribution in [3.63, 3.8) is 0 Å². The molecular formula is C17H20N2O2. The molecule has 3 rings (SSSR count). The summed E-state index contributed by atoms with van der Waals surface area (Å²) in [5.41, 5.74) is 2.18. The van der Waals surface area contributed by atoms with Gasteiger partial charge in [-0.15, -0.1) is 0 Å². The van der Waals surface area contributed by atoms with Crippen molar-refractivity contribution < 1.29 is 9.47 Å². The van der Waals surface area contributed by atoms with Gasteiger partial charge in [0.2, 0.25) is 0 Å². The van der Waals surface area contributed by atoms with E-state index < -0.39 is 0 Å². The summed E-state index contributed by atoms with van der Waals surface area (Å²) < 4.78 is 11.0. The maximum Gasteiger partial charge on any atom is 0.189 e. The first-order valence-electron chi connectivity index (χ1n) is 7.33. The summed E-state index contributed by atoms with van der Waals surface area (Å²) in [4.78, 5) is 4.37. The minimum absolute atomic E-state index is 0.232. The van der Waals surface area contributed by atoms with E-state index in [1.54, 1.807) is 6.20 Å². The molecule has 1 aromatic carbocycles. The monoisotopic (exact) mass is 284 g/mol. The number of aromatic nitrogens is 1. The number of ether oxygens (including phenoxy) is 2. The first-order valence-corrected chi connectivity index (χ1v) is 7.33. The van der Waals surface area contributed by atoms with Crippen LogP contribution in [0.4, 0.5) is 0 Å². The highest BCUT2D eigenvalue weighted by molar-refractivity contribution is 5.19. The molecule has 1 fully saturated rings. The summed E-state index contributed by atoms with van der Waals surface area (Å²) in [6, 6.07) is 14.7. The molecule has 0 radical (unpaired) electrons. The standard InChI is InChI=1S/C17H20N2O2/c1-2-4-14(5-3-1)12-20-13-21-17-9-8-16(19-11-17)10-18-15-6-7-15/h1-5,8-9,11,15,18H,6-7,10,12-13H2. The van der Waals surface area contributed by atoms with Crippen molar-refractivity contribution in [1.29, 1.82) is 0 Å². The first-order chi connectivity index (χ1) is 10.4. The van der Waals surface area contributed by atoms with E-state index in [2.05, 4.69) is 10.3 Å². The van der Waals surface area contributed by atoms with Gasteiger partial charge >= 0.3 is 0 Å². The first kappa shape index (κ1) is 14.0. The van der Waals surface area contributed by atoms with Crippen molar-refractivity contribution in [3.05, 3.63) is 59.9 Å². The van der Waals surface area contributed by atoms with Crippen LogP contribution in [-0.2, 0) is 17.9 Å². The Hall–Kier alpha value is -1.91. The molecule has 4 nitrogen and oxygen atoms in total. The molecule has 1 N–H and O–H groups in total. The molecule has 2 aromatic rings.